The molecule has 1 aliphatic carbocycles. The lowest BCUT2D eigenvalue weighted by Crippen LogP contribution is -2.48. The average molecular weight is 483 g/mol. The molecular formula is C26H24F2N2O3S. The highest BCUT2D eigenvalue weighted by Gasteiger charge is 2.38. The lowest BCUT2D eigenvalue weighted by atomic mass is 10.0. The van der Waals surface area contributed by atoms with Crippen molar-refractivity contribution in [3.63, 3.8) is 0 Å². The van der Waals surface area contributed by atoms with Gasteiger partial charge in [0, 0.05) is 23.0 Å². The van der Waals surface area contributed by atoms with Crippen molar-refractivity contribution in [2.45, 2.75) is 31.3 Å². The Morgan fingerprint density at radius 1 is 1.09 bits per heavy atom. The number of para-hydroxylation sites is 1. The van der Waals surface area contributed by atoms with E-state index in [2.05, 4.69) is 0 Å². The van der Waals surface area contributed by atoms with Crippen LogP contribution in [0.5, 0.6) is 5.75 Å². The molecule has 176 valence electrons. The van der Waals surface area contributed by atoms with E-state index in [1.807, 2.05) is 11.4 Å². The van der Waals surface area contributed by atoms with Crippen LogP contribution in [-0.2, 0) is 11.2 Å². The second kappa shape index (κ2) is 9.54. The fourth-order valence-electron chi connectivity index (χ4n) is 4.38. The summed E-state index contributed by atoms with van der Waals surface area (Å²) in [5.74, 6) is -1.35. The maximum Gasteiger partial charge on any atom is 0.254 e. The van der Waals surface area contributed by atoms with Gasteiger partial charge in [-0.25, -0.2) is 8.78 Å². The van der Waals surface area contributed by atoms with Crippen LogP contribution < -0.4 is 4.74 Å². The number of fused-ring (bicyclic) bond motifs is 1. The molecular weight excluding hydrogens is 458 g/mol. The molecule has 2 aliphatic rings. The van der Waals surface area contributed by atoms with Crippen LogP contribution in [0.15, 0.2) is 60.0 Å². The van der Waals surface area contributed by atoms with Crippen molar-refractivity contribution in [1.29, 1.82) is 0 Å². The summed E-state index contributed by atoms with van der Waals surface area (Å²) < 4.78 is 33.6. The molecule has 0 radical (unpaired) electrons. The maximum atomic E-state index is 14.1. The van der Waals surface area contributed by atoms with E-state index >= 15 is 0 Å². The van der Waals surface area contributed by atoms with Crippen molar-refractivity contribution in [2.75, 3.05) is 19.7 Å². The van der Waals surface area contributed by atoms with Crippen molar-refractivity contribution < 1.29 is 23.1 Å². The van der Waals surface area contributed by atoms with Crippen molar-refractivity contribution in [3.05, 3.63) is 87.6 Å². The van der Waals surface area contributed by atoms with Crippen LogP contribution in [0.2, 0.25) is 0 Å². The summed E-state index contributed by atoms with van der Waals surface area (Å²) >= 11 is 1.63. The minimum absolute atomic E-state index is 0.0191. The fraction of sp³-hybridized carbons (Fsp3) is 0.308. The number of benzene rings is 2. The first kappa shape index (κ1) is 22.5. The predicted octanol–water partition coefficient (Wildman–Crippen LogP) is 4.84. The Bertz CT molecular complexity index is 1210. The van der Waals surface area contributed by atoms with E-state index in [1.54, 1.807) is 45.4 Å². The third kappa shape index (κ3) is 4.68. The lowest BCUT2D eigenvalue weighted by Gasteiger charge is -2.37. The number of halogens is 2. The Labute approximate surface area is 200 Å². The molecule has 2 aromatic carbocycles. The van der Waals surface area contributed by atoms with Crippen LogP contribution in [0, 0.1) is 11.6 Å². The largest absolute Gasteiger partial charge is 0.488 e. The monoisotopic (exact) mass is 482 g/mol. The Morgan fingerprint density at radius 2 is 1.91 bits per heavy atom. The fourth-order valence-corrected chi connectivity index (χ4v) is 5.31. The van der Waals surface area contributed by atoms with Gasteiger partial charge >= 0.3 is 0 Å². The van der Waals surface area contributed by atoms with E-state index in [0.717, 1.165) is 24.8 Å². The van der Waals surface area contributed by atoms with Gasteiger partial charge in [0.1, 0.15) is 19.0 Å². The van der Waals surface area contributed by atoms with E-state index in [4.69, 9.17) is 4.74 Å². The van der Waals surface area contributed by atoms with Gasteiger partial charge in [0.2, 0.25) is 5.91 Å². The zero-order valence-corrected chi connectivity index (χ0v) is 19.3. The zero-order valence-electron chi connectivity index (χ0n) is 18.5. The minimum atomic E-state index is -0.487. The molecule has 1 aliphatic heterocycles. The quantitative estimate of drug-likeness (QED) is 0.485. The molecule has 0 unspecified atom stereocenters. The Hall–Kier alpha value is -3.26. The highest BCUT2D eigenvalue weighted by Crippen LogP contribution is 2.35. The highest BCUT2D eigenvalue weighted by molar-refractivity contribution is 7.10. The molecule has 0 bridgehead atoms. The summed E-state index contributed by atoms with van der Waals surface area (Å²) in [5.41, 5.74) is 1.23. The van der Waals surface area contributed by atoms with Gasteiger partial charge in [-0.3, -0.25) is 9.59 Å². The first-order valence-electron chi connectivity index (χ1n) is 11.3. The van der Waals surface area contributed by atoms with Gasteiger partial charge in [-0.15, -0.1) is 11.3 Å². The molecule has 2 heterocycles. The van der Waals surface area contributed by atoms with Gasteiger partial charge in [0.15, 0.2) is 11.6 Å². The number of ether oxygens (including phenoxy) is 1. The molecule has 34 heavy (non-hydrogen) atoms. The van der Waals surface area contributed by atoms with Gasteiger partial charge < -0.3 is 14.5 Å². The number of hydrogen-bond acceptors (Lipinski definition) is 4. The van der Waals surface area contributed by atoms with Crippen molar-refractivity contribution >= 4 is 23.2 Å². The molecule has 5 nitrogen and oxygen atoms in total. The molecule has 1 aromatic heterocycles. The predicted molar refractivity (Wildman–Crippen MR) is 125 cm³/mol. The standard InChI is InChI=1S/C26H24F2N2O3S/c27-18-5-3-4-17(14-18)26(32)30(19-8-9-19)15-25(31)29-12-10-24-20(11-13-34-24)22(29)16-33-23-7-2-1-6-21(23)28/h1-7,11,13-14,19,22H,8-10,12,15-16H2/t22-/m1/s1. The first-order valence-corrected chi connectivity index (χ1v) is 12.2. The first-order chi connectivity index (χ1) is 16.5. The van der Waals surface area contributed by atoms with Gasteiger partial charge in [-0.1, -0.05) is 18.2 Å². The number of hydrogen-bond donors (Lipinski definition) is 0. The summed E-state index contributed by atoms with van der Waals surface area (Å²) in [6, 6.07) is 13.3. The molecule has 0 saturated heterocycles. The van der Waals surface area contributed by atoms with Crippen molar-refractivity contribution in [1.82, 2.24) is 9.80 Å². The Kier molecular flexibility index (Phi) is 6.32. The molecule has 1 saturated carbocycles. The highest BCUT2D eigenvalue weighted by atomic mass is 32.1. The van der Waals surface area contributed by atoms with Crippen LogP contribution in [0.1, 0.15) is 39.7 Å². The molecule has 1 fully saturated rings. The summed E-state index contributed by atoms with van der Waals surface area (Å²) in [6.07, 6.45) is 2.36. The smallest absolute Gasteiger partial charge is 0.254 e. The molecule has 0 spiro atoms. The lowest BCUT2D eigenvalue weighted by molar-refractivity contribution is -0.135. The second-order valence-electron chi connectivity index (χ2n) is 8.57. The van der Waals surface area contributed by atoms with E-state index < -0.39 is 11.6 Å². The second-order valence-corrected chi connectivity index (χ2v) is 9.57. The third-order valence-electron chi connectivity index (χ3n) is 6.27. The minimum Gasteiger partial charge on any atom is -0.488 e. The number of carbonyl (C=O) groups is 2. The molecule has 3 aromatic rings. The zero-order chi connectivity index (χ0) is 23.7. The summed E-state index contributed by atoms with van der Waals surface area (Å²) in [7, 11) is 0. The van der Waals surface area contributed by atoms with E-state index in [1.165, 1.54) is 29.1 Å². The number of thiophene rings is 1. The number of carbonyl (C=O) groups excluding carboxylic acids is 2. The topological polar surface area (TPSA) is 49.9 Å². The number of amides is 2. The van der Waals surface area contributed by atoms with Gasteiger partial charge in [0.25, 0.3) is 5.91 Å². The maximum absolute atomic E-state index is 14.1. The number of nitrogens with zero attached hydrogens (tertiary/aromatic N) is 2. The summed E-state index contributed by atoms with van der Waals surface area (Å²) in [4.78, 5) is 31.1. The summed E-state index contributed by atoms with van der Waals surface area (Å²) in [6.45, 7) is 0.512. The normalized spacial score (nSPS) is 17.2. The van der Waals surface area contributed by atoms with Crippen LogP contribution in [-0.4, -0.2) is 47.4 Å². The van der Waals surface area contributed by atoms with Crippen LogP contribution >= 0.6 is 11.3 Å². The van der Waals surface area contributed by atoms with Gasteiger partial charge in [-0.05, 0) is 66.6 Å². The van der Waals surface area contributed by atoms with Gasteiger partial charge in [-0.2, -0.15) is 0 Å². The van der Waals surface area contributed by atoms with Crippen LogP contribution in [0.25, 0.3) is 0 Å². The van der Waals surface area contributed by atoms with Crippen molar-refractivity contribution in [3.8, 4) is 5.75 Å². The van der Waals surface area contributed by atoms with E-state index in [0.29, 0.717) is 6.54 Å². The van der Waals surface area contributed by atoms with E-state index in [9.17, 15) is 18.4 Å². The molecule has 0 N–H and O–H groups in total. The molecule has 8 heteroatoms. The third-order valence-corrected chi connectivity index (χ3v) is 7.27. The molecule has 2 amide bonds. The molecule has 1 atom stereocenters. The van der Waals surface area contributed by atoms with Gasteiger partial charge in [0.05, 0.1) is 6.04 Å². The average Bonchev–Trinajstić information content (AvgIpc) is 3.57. The SMILES string of the molecule is O=C(c1cccc(F)c1)N(CC(=O)N1CCc2sccc2[C@H]1COc1ccccc1F)C1CC1. The summed E-state index contributed by atoms with van der Waals surface area (Å²) in [5, 5.41) is 1.98. The van der Waals surface area contributed by atoms with E-state index in [-0.39, 0.29) is 48.4 Å². The van der Waals surface area contributed by atoms with Crippen LogP contribution in [0.4, 0.5) is 8.78 Å². The Balaban J connectivity index is 1.35. The Morgan fingerprint density at radius 3 is 2.68 bits per heavy atom. The molecule has 5 rings (SSSR count). The van der Waals surface area contributed by atoms with Crippen LogP contribution in [0.3, 0.4) is 0 Å². The number of rotatable bonds is 7. The van der Waals surface area contributed by atoms with Crippen molar-refractivity contribution in [2.24, 2.45) is 0 Å².